The Hall–Kier alpha value is -3.10. The Morgan fingerprint density at radius 3 is 2.55 bits per heavy atom. The molecule has 0 aliphatic carbocycles. The molecule has 3 aromatic rings. The van der Waals surface area contributed by atoms with Crippen LogP contribution in [0.25, 0.3) is 11.8 Å². The highest BCUT2D eigenvalue weighted by atomic mass is 32.2. The number of anilines is 1. The normalized spacial score (nSPS) is 15.9. The van der Waals surface area contributed by atoms with E-state index in [1.54, 1.807) is 49.2 Å². The van der Waals surface area contributed by atoms with Gasteiger partial charge in [0.2, 0.25) is 0 Å². The highest BCUT2D eigenvalue weighted by Gasteiger charge is 2.37. The first-order valence-electron chi connectivity index (χ1n) is 8.81. The third-order valence-electron chi connectivity index (χ3n) is 4.59. The Bertz CT molecular complexity index is 1200. The van der Waals surface area contributed by atoms with Gasteiger partial charge in [0.05, 0.1) is 22.5 Å². The standard InChI is InChI=1S/C21H17N3O3S2/c1-14-18(20(26)24(22(14)2)15-8-4-3-5-9-15)23-19(25)17(29-21(23)28)12-6-10-16-11-7-13-27-16/h3-13H,1-2H3/b10-6+,17-12+. The third-order valence-corrected chi connectivity index (χ3v) is 5.91. The summed E-state index contributed by atoms with van der Waals surface area (Å²) >= 11 is 6.59. The molecule has 0 spiro atoms. The van der Waals surface area contributed by atoms with Gasteiger partial charge in [0.15, 0.2) is 4.32 Å². The largest absolute Gasteiger partial charge is 0.465 e. The number of thiocarbonyl (C=S) groups is 1. The number of hydrogen-bond donors (Lipinski definition) is 0. The topological polar surface area (TPSA) is 60.4 Å². The Labute approximate surface area is 176 Å². The fourth-order valence-electron chi connectivity index (χ4n) is 3.10. The second-order valence-electron chi connectivity index (χ2n) is 6.32. The van der Waals surface area contributed by atoms with Crippen LogP contribution < -0.4 is 10.5 Å². The fraction of sp³-hybridized carbons (Fsp3) is 0.0952. The SMILES string of the molecule is Cc1c(N2C(=O)/C(=C\C=C\c3ccco3)SC2=S)c(=O)n(-c2ccccc2)n1C. The molecule has 1 aliphatic rings. The lowest BCUT2D eigenvalue weighted by Crippen LogP contribution is -2.33. The molecular formula is C21H17N3O3S2. The van der Waals surface area contributed by atoms with Crippen molar-refractivity contribution >= 4 is 46.0 Å². The van der Waals surface area contributed by atoms with Gasteiger partial charge in [0, 0.05) is 7.05 Å². The number of amides is 1. The van der Waals surface area contributed by atoms with E-state index in [1.165, 1.54) is 21.3 Å². The molecule has 6 nitrogen and oxygen atoms in total. The summed E-state index contributed by atoms with van der Waals surface area (Å²) in [5.41, 5.74) is 1.36. The molecule has 0 unspecified atom stereocenters. The van der Waals surface area contributed by atoms with Crippen LogP contribution in [0.5, 0.6) is 0 Å². The van der Waals surface area contributed by atoms with Crippen molar-refractivity contribution in [2.45, 2.75) is 6.92 Å². The van der Waals surface area contributed by atoms with Crippen molar-refractivity contribution in [3.8, 4) is 5.69 Å². The molecule has 146 valence electrons. The van der Waals surface area contributed by atoms with Crippen LogP contribution in [-0.4, -0.2) is 19.6 Å². The zero-order valence-corrected chi connectivity index (χ0v) is 17.4. The van der Waals surface area contributed by atoms with Crippen LogP contribution in [0.3, 0.4) is 0 Å². The second-order valence-corrected chi connectivity index (χ2v) is 8.00. The first-order chi connectivity index (χ1) is 14.0. The summed E-state index contributed by atoms with van der Waals surface area (Å²) in [4.78, 5) is 28.0. The van der Waals surface area contributed by atoms with Crippen LogP contribution in [0.4, 0.5) is 5.69 Å². The molecule has 0 saturated carbocycles. The minimum atomic E-state index is -0.310. The predicted octanol–water partition coefficient (Wildman–Crippen LogP) is 4.04. The fourth-order valence-corrected chi connectivity index (χ4v) is 4.33. The van der Waals surface area contributed by atoms with E-state index in [1.807, 2.05) is 36.4 Å². The van der Waals surface area contributed by atoms with Crippen molar-refractivity contribution in [3.63, 3.8) is 0 Å². The van der Waals surface area contributed by atoms with Crippen molar-refractivity contribution in [3.05, 3.63) is 87.6 Å². The molecule has 8 heteroatoms. The van der Waals surface area contributed by atoms with Crippen molar-refractivity contribution in [1.29, 1.82) is 0 Å². The zero-order chi connectivity index (χ0) is 20.5. The average molecular weight is 424 g/mol. The summed E-state index contributed by atoms with van der Waals surface area (Å²) in [5.74, 6) is 0.372. The van der Waals surface area contributed by atoms with E-state index >= 15 is 0 Å². The van der Waals surface area contributed by atoms with Crippen LogP contribution >= 0.6 is 24.0 Å². The van der Waals surface area contributed by atoms with Gasteiger partial charge in [-0.2, -0.15) is 0 Å². The number of para-hydroxylation sites is 1. The molecule has 1 fully saturated rings. The molecule has 0 N–H and O–H groups in total. The molecule has 0 radical (unpaired) electrons. The monoisotopic (exact) mass is 423 g/mol. The molecule has 29 heavy (non-hydrogen) atoms. The molecule has 1 aromatic carbocycles. The third kappa shape index (κ3) is 3.41. The Balaban J connectivity index is 1.71. The molecule has 1 saturated heterocycles. The van der Waals surface area contributed by atoms with E-state index in [9.17, 15) is 9.59 Å². The Morgan fingerprint density at radius 2 is 1.86 bits per heavy atom. The highest BCUT2D eigenvalue weighted by molar-refractivity contribution is 8.27. The molecule has 0 bridgehead atoms. The maximum Gasteiger partial charge on any atom is 0.296 e. The first kappa shape index (κ1) is 19.2. The molecule has 1 aliphatic heterocycles. The smallest absolute Gasteiger partial charge is 0.296 e. The van der Waals surface area contributed by atoms with E-state index in [4.69, 9.17) is 16.6 Å². The molecule has 1 amide bonds. The summed E-state index contributed by atoms with van der Waals surface area (Å²) in [5, 5.41) is 0. The molecular weight excluding hydrogens is 406 g/mol. The van der Waals surface area contributed by atoms with Gasteiger partial charge in [-0.15, -0.1) is 0 Å². The van der Waals surface area contributed by atoms with Crippen LogP contribution in [-0.2, 0) is 11.8 Å². The van der Waals surface area contributed by atoms with E-state index in [2.05, 4.69) is 0 Å². The summed E-state index contributed by atoms with van der Waals surface area (Å²) < 4.78 is 8.83. The van der Waals surface area contributed by atoms with Gasteiger partial charge in [-0.25, -0.2) is 4.68 Å². The summed E-state index contributed by atoms with van der Waals surface area (Å²) in [6, 6.07) is 12.9. The minimum Gasteiger partial charge on any atom is -0.465 e. The number of nitrogens with zero attached hydrogens (tertiary/aromatic N) is 3. The Kier molecular flexibility index (Phi) is 5.12. The number of aromatic nitrogens is 2. The highest BCUT2D eigenvalue weighted by Crippen LogP contribution is 2.35. The Morgan fingerprint density at radius 1 is 1.10 bits per heavy atom. The van der Waals surface area contributed by atoms with E-state index < -0.39 is 0 Å². The summed E-state index contributed by atoms with van der Waals surface area (Å²) in [7, 11) is 1.78. The number of carbonyl (C=O) groups is 1. The summed E-state index contributed by atoms with van der Waals surface area (Å²) in [6.07, 6.45) is 6.74. The van der Waals surface area contributed by atoms with Gasteiger partial charge in [-0.1, -0.05) is 48.3 Å². The van der Waals surface area contributed by atoms with Crippen molar-refractivity contribution < 1.29 is 9.21 Å². The second kappa shape index (κ2) is 7.73. The number of carbonyl (C=O) groups excluding carboxylic acids is 1. The van der Waals surface area contributed by atoms with Crippen LogP contribution in [0.1, 0.15) is 11.5 Å². The van der Waals surface area contributed by atoms with E-state index in [-0.39, 0.29) is 17.2 Å². The van der Waals surface area contributed by atoms with E-state index in [0.717, 1.165) is 5.69 Å². The van der Waals surface area contributed by atoms with Crippen LogP contribution in [0, 0.1) is 6.92 Å². The van der Waals surface area contributed by atoms with E-state index in [0.29, 0.717) is 20.7 Å². The van der Waals surface area contributed by atoms with Crippen molar-refractivity contribution in [2.75, 3.05) is 4.90 Å². The van der Waals surface area contributed by atoms with Crippen LogP contribution in [0.15, 0.2) is 75.0 Å². The molecule has 0 atom stereocenters. The number of thioether (sulfide) groups is 1. The lowest BCUT2D eigenvalue weighted by atomic mass is 10.3. The van der Waals surface area contributed by atoms with Crippen molar-refractivity contribution in [2.24, 2.45) is 7.05 Å². The molecule has 4 rings (SSSR count). The van der Waals surface area contributed by atoms with Crippen LogP contribution in [0.2, 0.25) is 0 Å². The van der Waals surface area contributed by atoms with Crippen molar-refractivity contribution in [1.82, 2.24) is 9.36 Å². The zero-order valence-electron chi connectivity index (χ0n) is 15.7. The maximum absolute atomic E-state index is 13.2. The van der Waals surface area contributed by atoms with Gasteiger partial charge in [0.1, 0.15) is 11.4 Å². The maximum atomic E-state index is 13.2. The molecule has 2 aromatic heterocycles. The minimum absolute atomic E-state index is 0.275. The lowest BCUT2D eigenvalue weighted by molar-refractivity contribution is -0.113. The average Bonchev–Trinajstić information content (AvgIpc) is 3.37. The number of allylic oxidation sites excluding steroid dienone is 2. The summed E-state index contributed by atoms with van der Waals surface area (Å²) in [6.45, 7) is 1.80. The number of furan rings is 1. The lowest BCUT2D eigenvalue weighted by Gasteiger charge is -2.12. The van der Waals surface area contributed by atoms with Gasteiger partial charge in [0.25, 0.3) is 11.5 Å². The molecule has 3 heterocycles. The number of benzene rings is 1. The van der Waals surface area contributed by atoms with Gasteiger partial charge in [-0.05, 0) is 43.3 Å². The number of rotatable bonds is 4. The predicted molar refractivity (Wildman–Crippen MR) is 119 cm³/mol. The first-order valence-corrected chi connectivity index (χ1v) is 10.0. The van der Waals surface area contributed by atoms with Gasteiger partial charge < -0.3 is 4.42 Å². The number of hydrogen-bond acceptors (Lipinski definition) is 5. The van der Waals surface area contributed by atoms with Gasteiger partial charge >= 0.3 is 0 Å². The van der Waals surface area contributed by atoms with Gasteiger partial charge in [-0.3, -0.25) is 19.2 Å². The quantitative estimate of drug-likeness (QED) is 0.468.